The van der Waals surface area contributed by atoms with E-state index in [-0.39, 0.29) is 5.91 Å². The highest BCUT2D eigenvalue weighted by molar-refractivity contribution is 9.10. The zero-order valence-electron chi connectivity index (χ0n) is 10.6. The lowest BCUT2D eigenvalue weighted by Gasteiger charge is -2.18. The summed E-state index contributed by atoms with van der Waals surface area (Å²) in [4.78, 5) is 12.4. The molecule has 0 radical (unpaired) electrons. The Kier molecular flexibility index (Phi) is 3.18. The van der Waals surface area contributed by atoms with E-state index in [9.17, 15) is 4.79 Å². The van der Waals surface area contributed by atoms with Gasteiger partial charge in [-0.05, 0) is 72.0 Å². The second kappa shape index (κ2) is 4.69. The summed E-state index contributed by atoms with van der Waals surface area (Å²) < 4.78 is 0.924. The lowest BCUT2D eigenvalue weighted by atomic mass is 10.1. The van der Waals surface area contributed by atoms with Crippen molar-refractivity contribution in [2.24, 2.45) is 11.8 Å². The Morgan fingerprint density at radius 1 is 1.28 bits per heavy atom. The van der Waals surface area contributed by atoms with Crippen molar-refractivity contribution in [1.29, 1.82) is 0 Å². The molecule has 3 rings (SSSR count). The highest BCUT2D eigenvalue weighted by Gasteiger charge is 2.42. The number of carbonyl (C=O) groups is 1. The summed E-state index contributed by atoms with van der Waals surface area (Å²) in [6.45, 7) is 2.01. The van der Waals surface area contributed by atoms with Crippen LogP contribution in [0.15, 0.2) is 22.7 Å². The monoisotopic (exact) mass is 307 g/mol. The third-order valence-electron chi connectivity index (χ3n) is 3.99. The van der Waals surface area contributed by atoms with Gasteiger partial charge in [0.05, 0.1) is 5.56 Å². The van der Waals surface area contributed by atoms with E-state index in [1.54, 1.807) is 0 Å². The minimum absolute atomic E-state index is 0.0781. The Labute approximate surface area is 116 Å². The molecule has 18 heavy (non-hydrogen) atoms. The molecule has 1 amide bonds. The normalized spacial score (nSPS) is 19.1. The molecule has 2 aliphatic carbocycles. The zero-order chi connectivity index (χ0) is 12.7. The van der Waals surface area contributed by atoms with Crippen molar-refractivity contribution in [2.45, 2.75) is 38.6 Å². The first-order valence-corrected chi connectivity index (χ1v) is 7.52. The average molecular weight is 308 g/mol. The van der Waals surface area contributed by atoms with Crippen LogP contribution in [-0.2, 0) is 0 Å². The van der Waals surface area contributed by atoms with E-state index in [1.807, 2.05) is 25.1 Å². The van der Waals surface area contributed by atoms with Gasteiger partial charge in [-0.25, -0.2) is 0 Å². The topological polar surface area (TPSA) is 29.1 Å². The van der Waals surface area contributed by atoms with E-state index >= 15 is 0 Å². The van der Waals surface area contributed by atoms with Gasteiger partial charge in [0.2, 0.25) is 0 Å². The Hall–Kier alpha value is -0.830. The number of carbonyl (C=O) groups excluding carboxylic acids is 1. The van der Waals surface area contributed by atoms with Gasteiger partial charge in [-0.3, -0.25) is 4.79 Å². The molecule has 0 spiro atoms. The lowest BCUT2D eigenvalue weighted by molar-refractivity contribution is 0.0925. The number of rotatable bonds is 4. The molecule has 1 N–H and O–H groups in total. The summed E-state index contributed by atoms with van der Waals surface area (Å²) in [7, 11) is 0. The molecule has 2 aliphatic rings. The summed E-state index contributed by atoms with van der Waals surface area (Å²) in [6.07, 6.45) is 5.15. The van der Waals surface area contributed by atoms with E-state index in [4.69, 9.17) is 0 Å². The SMILES string of the molecule is Cc1cccc(C(=O)NC(C2CC2)C2CC2)c1Br. The minimum Gasteiger partial charge on any atom is -0.349 e. The van der Waals surface area contributed by atoms with Crippen molar-refractivity contribution in [3.63, 3.8) is 0 Å². The smallest absolute Gasteiger partial charge is 0.252 e. The number of hydrogen-bond acceptors (Lipinski definition) is 1. The molecule has 0 aromatic heterocycles. The number of benzene rings is 1. The van der Waals surface area contributed by atoms with Gasteiger partial charge in [0.1, 0.15) is 0 Å². The second-order valence-electron chi connectivity index (χ2n) is 5.61. The average Bonchev–Trinajstić information content (AvgIpc) is 3.22. The van der Waals surface area contributed by atoms with Gasteiger partial charge in [-0.2, -0.15) is 0 Å². The highest BCUT2D eigenvalue weighted by atomic mass is 79.9. The first-order valence-electron chi connectivity index (χ1n) is 6.73. The zero-order valence-corrected chi connectivity index (χ0v) is 12.2. The predicted octanol–water partition coefficient (Wildman–Crippen LogP) is 3.68. The summed E-state index contributed by atoms with van der Waals surface area (Å²) in [6, 6.07) is 6.27. The van der Waals surface area contributed by atoms with Crippen LogP contribution in [0.4, 0.5) is 0 Å². The largest absolute Gasteiger partial charge is 0.349 e. The maximum Gasteiger partial charge on any atom is 0.252 e. The van der Waals surface area contributed by atoms with Crippen LogP contribution in [0.3, 0.4) is 0 Å². The van der Waals surface area contributed by atoms with Crippen LogP contribution < -0.4 is 5.32 Å². The molecular formula is C15H18BrNO. The van der Waals surface area contributed by atoms with Crippen molar-refractivity contribution < 1.29 is 4.79 Å². The van der Waals surface area contributed by atoms with Gasteiger partial charge >= 0.3 is 0 Å². The summed E-state index contributed by atoms with van der Waals surface area (Å²) in [5.74, 6) is 1.56. The van der Waals surface area contributed by atoms with Crippen molar-refractivity contribution in [3.8, 4) is 0 Å². The minimum atomic E-state index is 0.0781. The molecular weight excluding hydrogens is 290 g/mol. The van der Waals surface area contributed by atoms with Gasteiger partial charge in [0, 0.05) is 10.5 Å². The first-order chi connectivity index (χ1) is 8.66. The van der Waals surface area contributed by atoms with Crippen LogP contribution in [0.2, 0.25) is 0 Å². The second-order valence-corrected chi connectivity index (χ2v) is 6.40. The molecule has 96 valence electrons. The number of aryl methyl sites for hydroxylation is 1. The molecule has 0 bridgehead atoms. The summed E-state index contributed by atoms with van der Waals surface area (Å²) in [5, 5.41) is 3.26. The molecule has 0 atom stereocenters. The van der Waals surface area contributed by atoms with Gasteiger partial charge in [-0.15, -0.1) is 0 Å². The van der Waals surface area contributed by atoms with Gasteiger partial charge in [-0.1, -0.05) is 12.1 Å². The number of halogens is 1. The molecule has 0 saturated heterocycles. The molecule has 2 saturated carbocycles. The Balaban J connectivity index is 1.75. The fourth-order valence-electron chi connectivity index (χ4n) is 2.58. The van der Waals surface area contributed by atoms with Gasteiger partial charge < -0.3 is 5.32 Å². The fraction of sp³-hybridized carbons (Fsp3) is 0.533. The summed E-state index contributed by atoms with van der Waals surface area (Å²) in [5.41, 5.74) is 1.87. The van der Waals surface area contributed by atoms with Crippen LogP contribution in [0, 0.1) is 18.8 Å². The van der Waals surface area contributed by atoms with E-state index in [0.717, 1.165) is 27.4 Å². The number of amides is 1. The van der Waals surface area contributed by atoms with E-state index in [0.29, 0.717) is 6.04 Å². The van der Waals surface area contributed by atoms with E-state index in [1.165, 1.54) is 25.7 Å². The molecule has 0 aliphatic heterocycles. The number of hydrogen-bond donors (Lipinski definition) is 1. The van der Waals surface area contributed by atoms with Crippen LogP contribution in [0.5, 0.6) is 0 Å². The van der Waals surface area contributed by atoms with E-state index < -0.39 is 0 Å². The predicted molar refractivity (Wildman–Crippen MR) is 75.6 cm³/mol. The van der Waals surface area contributed by atoms with Gasteiger partial charge in [0.15, 0.2) is 0 Å². The van der Waals surface area contributed by atoms with Gasteiger partial charge in [0.25, 0.3) is 5.91 Å². The standard InChI is InChI=1S/C15H18BrNO/c1-9-3-2-4-12(13(9)16)15(18)17-14(10-5-6-10)11-7-8-11/h2-4,10-11,14H,5-8H2,1H3,(H,17,18). The third-order valence-corrected chi connectivity index (χ3v) is 5.05. The molecule has 0 unspecified atom stereocenters. The Morgan fingerprint density at radius 2 is 1.89 bits per heavy atom. The highest BCUT2D eigenvalue weighted by Crippen LogP contribution is 2.44. The lowest BCUT2D eigenvalue weighted by Crippen LogP contribution is -2.38. The third kappa shape index (κ3) is 2.46. The van der Waals surface area contributed by atoms with E-state index in [2.05, 4.69) is 21.2 Å². The van der Waals surface area contributed by atoms with Crippen molar-refractivity contribution in [3.05, 3.63) is 33.8 Å². The van der Waals surface area contributed by atoms with Crippen molar-refractivity contribution >= 4 is 21.8 Å². The maximum atomic E-state index is 12.4. The molecule has 1 aromatic carbocycles. The molecule has 2 fully saturated rings. The molecule has 1 aromatic rings. The number of nitrogens with one attached hydrogen (secondary N) is 1. The van der Waals surface area contributed by atoms with Crippen LogP contribution in [-0.4, -0.2) is 11.9 Å². The molecule has 2 nitrogen and oxygen atoms in total. The van der Waals surface area contributed by atoms with Crippen LogP contribution in [0.25, 0.3) is 0 Å². The Morgan fingerprint density at radius 3 is 2.44 bits per heavy atom. The van der Waals surface area contributed by atoms with Crippen LogP contribution >= 0.6 is 15.9 Å². The maximum absolute atomic E-state index is 12.4. The quantitative estimate of drug-likeness (QED) is 0.903. The molecule has 3 heteroatoms. The molecule has 0 heterocycles. The fourth-order valence-corrected chi connectivity index (χ4v) is 3.03. The van der Waals surface area contributed by atoms with Crippen LogP contribution in [0.1, 0.15) is 41.6 Å². The van der Waals surface area contributed by atoms with Crippen molar-refractivity contribution in [1.82, 2.24) is 5.32 Å². The summed E-state index contributed by atoms with van der Waals surface area (Å²) >= 11 is 3.52. The van der Waals surface area contributed by atoms with Crippen molar-refractivity contribution in [2.75, 3.05) is 0 Å². The first kappa shape index (κ1) is 12.2. The Bertz CT molecular complexity index is 465.